The molecular weight excluding hydrogens is 194 g/mol. The largest absolute Gasteiger partial charge is 0.480 e. The van der Waals surface area contributed by atoms with E-state index in [9.17, 15) is 4.79 Å². The highest BCUT2D eigenvalue weighted by molar-refractivity contribution is 5.75. The van der Waals surface area contributed by atoms with Crippen molar-refractivity contribution in [2.24, 2.45) is 5.73 Å². The SMILES string of the molecule is COCCc1ccc(C(N)C(=O)O)cc1. The van der Waals surface area contributed by atoms with E-state index in [2.05, 4.69) is 0 Å². The zero-order valence-electron chi connectivity index (χ0n) is 8.64. The summed E-state index contributed by atoms with van der Waals surface area (Å²) in [6, 6.07) is 6.28. The third-order valence-electron chi connectivity index (χ3n) is 2.20. The van der Waals surface area contributed by atoms with Crippen LogP contribution >= 0.6 is 0 Å². The number of ether oxygens (including phenoxy) is 1. The number of methoxy groups -OCH3 is 1. The summed E-state index contributed by atoms with van der Waals surface area (Å²) in [4.78, 5) is 10.6. The van der Waals surface area contributed by atoms with Crippen LogP contribution in [0.15, 0.2) is 24.3 Å². The van der Waals surface area contributed by atoms with Crippen molar-refractivity contribution in [3.63, 3.8) is 0 Å². The Balaban J connectivity index is 2.67. The van der Waals surface area contributed by atoms with Gasteiger partial charge in [-0.1, -0.05) is 24.3 Å². The quantitative estimate of drug-likeness (QED) is 0.757. The van der Waals surface area contributed by atoms with Gasteiger partial charge in [-0.3, -0.25) is 4.79 Å². The van der Waals surface area contributed by atoms with E-state index >= 15 is 0 Å². The molecule has 1 rings (SSSR count). The minimum atomic E-state index is -1.01. The second-order valence-electron chi connectivity index (χ2n) is 3.30. The summed E-state index contributed by atoms with van der Waals surface area (Å²) in [5.41, 5.74) is 7.19. The summed E-state index contributed by atoms with van der Waals surface area (Å²) < 4.78 is 4.94. The second-order valence-corrected chi connectivity index (χ2v) is 3.30. The van der Waals surface area contributed by atoms with Crippen LogP contribution in [0.25, 0.3) is 0 Å². The molecule has 0 spiro atoms. The Morgan fingerprint density at radius 2 is 2.07 bits per heavy atom. The molecule has 0 bridgehead atoms. The number of aliphatic carboxylic acids is 1. The van der Waals surface area contributed by atoms with Crippen molar-refractivity contribution in [2.75, 3.05) is 13.7 Å². The minimum absolute atomic E-state index is 0.615. The Morgan fingerprint density at radius 3 is 2.53 bits per heavy atom. The van der Waals surface area contributed by atoms with E-state index in [1.165, 1.54) is 0 Å². The van der Waals surface area contributed by atoms with Crippen molar-refractivity contribution in [1.29, 1.82) is 0 Å². The van der Waals surface area contributed by atoms with Crippen molar-refractivity contribution in [1.82, 2.24) is 0 Å². The van der Waals surface area contributed by atoms with E-state index in [1.807, 2.05) is 12.1 Å². The molecule has 0 amide bonds. The van der Waals surface area contributed by atoms with Crippen LogP contribution in [0.5, 0.6) is 0 Å². The molecule has 0 heterocycles. The molecule has 0 radical (unpaired) electrons. The lowest BCUT2D eigenvalue weighted by atomic mass is 10.0. The molecule has 0 fully saturated rings. The van der Waals surface area contributed by atoms with Crippen LogP contribution in [0.4, 0.5) is 0 Å². The molecule has 4 nitrogen and oxygen atoms in total. The van der Waals surface area contributed by atoms with Gasteiger partial charge in [-0.2, -0.15) is 0 Å². The molecule has 82 valence electrons. The van der Waals surface area contributed by atoms with Gasteiger partial charge >= 0.3 is 5.97 Å². The fourth-order valence-electron chi connectivity index (χ4n) is 1.25. The Labute approximate surface area is 88.7 Å². The van der Waals surface area contributed by atoms with Gasteiger partial charge in [-0.15, -0.1) is 0 Å². The Hall–Kier alpha value is -1.39. The van der Waals surface area contributed by atoms with Gasteiger partial charge in [0.2, 0.25) is 0 Å². The normalized spacial score (nSPS) is 12.4. The highest BCUT2D eigenvalue weighted by Gasteiger charge is 2.13. The number of hydrogen-bond acceptors (Lipinski definition) is 3. The molecular formula is C11H15NO3. The molecule has 0 aliphatic heterocycles. The van der Waals surface area contributed by atoms with Crippen molar-refractivity contribution in [2.45, 2.75) is 12.5 Å². The van der Waals surface area contributed by atoms with E-state index in [1.54, 1.807) is 19.2 Å². The van der Waals surface area contributed by atoms with Gasteiger partial charge in [-0.05, 0) is 17.5 Å². The van der Waals surface area contributed by atoms with Gasteiger partial charge in [-0.25, -0.2) is 0 Å². The summed E-state index contributed by atoms with van der Waals surface area (Å²) in [5.74, 6) is -1.01. The van der Waals surface area contributed by atoms with Gasteiger partial charge in [0.25, 0.3) is 0 Å². The van der Waals surface area contributed by atoms with Crippen LogP contribution in [0.2, 0.25) is 0 Å². The molecule has 1 atom stereocenters. The van der Waals surface area contributed by atoms with E-state index < -0.39 is 12.0 Å². The zero-order chi connectivity index (χ0) is 11.3. The minimum Gasteiger partial charge on any atom is -0.480 e. The molecule has 1 aromatic rings. The Bertz CT molecular complexity index is 321. The second kappa shape index (κ2) is 5.48. The fourth-order valence-corrected chi connectivity index (χ4v) is 1.25. The number of nitrogens with two attached hydrogens (primary N) is 1. The van der Waals surface area contributed by atoms with Crippen molar-refractivity contribution >= 4 is 5.97 Å². The molecule has 1 aromatic carbocycles. The topological polar surface area (TPSA) is 72.5 Å². The smallest absolute Gasteiger partial charge is 0.325 e. The van der Waals surface area contributed by atoms with Gasteiger partial charge in [0.15, 0.2) is 0 Å². The molecule has 0 aromatic heterocycles. The van der Waals surface area contributed by atoms with Crippen molar-refractivity contribution in [3.8, 4) is 0 Å². The van der Waals surface area contributed by atoms with E-state index in [-0.39, 0.29) is 0 Å². The van der Waals surface area contributed by atoms with Crippen LogP contribution in [0.3, 0.4) is 0 Å². The number of carbonyl (C=O) groups is 1. The van der Waals surface area contributed by atoms with Gasteiger partial charge in [0, 0.05) is 7.11 Å². The standard InChI is InChI=1S/C11H15NO3/c1-15-7-6-8-2-4-9(5-3-8)10(12)11(13)14/h2-5,10H,6-7,12H2,1H3,(H,13,14). The Morgan fingerprint density at radius 1 is 1.47 bits per heavy atom. The maximum Gasteiger partial charge on any atom is 0.325 e. The molecule has 1 unspecified atom stereocenters. The van der Waals surface area contributed by atoms with Crippen LogP contribution in [0, 0.1) is 0 Å². The number of carboxylic acid groups (broad SMARTS) is 1. The fraction of sp³-hybridized carbons (Fsp3) is 0.364. The summed E-state index contributed by atoms with van der Waals surface area (Å²) in [7, 11) is 1.65. The molecule has 0 aliphatic carbocycles. The van der Waals surface area contributed by atoms with E-state index in [4.69, 9.17) is 15.6 Å². The number of benzene rings is 1. The zero-order valence-corrected chi connectivity index (χ0v) is 8.64. The first-order chi connectivity index (χ1) is 7.15. The molecule has 15 heavy (non-hydrogen) atoms. The van der Waals surface area contributed by atoms with Crippen molar-refractivity contribution < 1.29 is 14.6 Å². The van der Waals surface area contributed by atoms with Gasteiger partial charge < -0.3 is 15.6 Å². The molecule has 0 saturated heterocycles. The summed E-state index contributed by atoms with van der Waals surface area (Å²) >= 11 is 0. The predicted octanol–water partition coefficient (Wildman–Crippen LogP) is 0.960. The molecule has 0 aliphatic rings. The summed E-state index contributed by atoms with van der Waals surface area (Å²) in [6.45, 7) is 0.657. The lowest BCUT2D eigenvalue weighted by molar-refractivity contribution is -0.138. The monoisotopic (exact) mass is 209 g/mol. The molecule has 4 heteroatoms. The van der Waals surface area contributed by atoms with E-state index in [0.717, 1.165) is 12.0 Å². The lowest BCUT2D eigenvalue weighted by Crippen LogP contribution is -2.20. The molecule has 3 N–H and O–H groups in total. The van der Waals surface area contributed by atoms with E-state index in [0.29, 0.717) is 12.2 Å². The number of rotatable bonds is 5. The number of hydrogen-bond donors (Lipinski definition) is 2. The third-order valence-corrected chi connectivity index (χ3v) is 2.20. The van der Waals surface area contributed by atoms with Gasteiger partial charge in [0.1, 0.15) is 6.04 Å². The summed E-state index contributed by atoms with van der Waals surface area (Å²) in [6.07, 6.45) is 0.819. The van der Waals surface area contributed by atoms with Crippen LogP contribution in [-0.4, -0.2) is 24.8 Å². The summed E-state index contributed by atoms with van der Waals surface area (Å²) in [5, 5.41) is 8.70. The maximum absolute atomic E-state index is 10.6. The highest BCUT2D eigenvalue weighted by Crippen LogP contribution is 2.12. The Kier molecular flexibility index (Phi) is 4.27. The lowest BCUT2D eigenvalue weighted by Gasteiger charge is -2.07. The average molecular weight is 209 g/mol. The van der Waals surface area contributed by atoms with Crippen molar-refractivity contribution in [3.05, 3.63) is 35.4 Å². The van der Waals surface area contributed by atoms with Crippen LogP contribution in [0.1, 0.15) is 17.2 Å². The number of carboxylic acids is 1. The third kappa shape index (κ3) is 3.34. The first-order valence-corrected chi connectivity index (χ1v) is 4.71. The first kappa shape index (κ1) is 11.7. The maximum atomic E-state index is 10.6. The van der Waals surface area contributed by atoms with Gasteiger partial charge in [0.05, 0.1) is 6.61 Å². The highest BCUT2D eigenvalue weighted by atomic mass is 16.5. The van der Waals surface area contributed by atoms with Crippen LogP contribution < -0.4 is 5.73 Å². The molecule has 0 saturated carbocycles. The van der Waals surface area contributed by atoms with Crippen LogP contribution in [-0.2, 0) is 16.0 Å². The first-order valence-electron chi connectivity index (χ1n) is 4.71. The average Bonchev–Trinajstić information content (AvgIpc) is 2.26. The predicted molar refractivity (Wildman–Crippen MR) is 56.6 cm³/mol.